The number of likely N-dealkylation sites (tertiary alicyclic amines) is 1. The summed E-state index contributed by atoms with van der Waals surface area (Å²) in [6.07, 6.45) is 3.39. The Morgan fingerprint density at radius 3 is 2.72 bits per heavy atom. The molecule has 0 aromatic carbocycles. The average molecular weight is 255 g/mol. The minimum atomic E-state index is -0.805. The van der Waals surface area contributed by atoms with Crippen LogP contribution in [0.3, 0.4) is 0 Å². The molecule has 0 bridgehead atoms. The van der Waals surface area contributed by atoms with Crippen molar-refractivity contribution in [2.75, 3.05) is 26.7 Å². The Morgan fingerprint density at radius 1 is 1.44 bits per heavy atom. The zero-order valence-corrected chi connectivity index (χ0v) is 10.7. The van der Waals surface area contributed by atoms with Gasteiger partial charge in [-0.25, -0.2) is 4.79 Å². The number of hydrogen-bond acceptors (Lipinski definition) is 3. The van der Waals surface area contributed by atoms with Gasteiger partial charge in [-0.15, -0.1) is 0 Å². The van der Waals surface area contributed by atoms with Gasteiger partial charge in [-0.2, -0.15) is 0 Å². The highest BCUT2D eigenvalue weighted by Gasteiger charge is 2.50. The summed E-state index contributed by atoms with van der Waals surface area (Å²) in [6.45, 7) is 2.16. The zero-order chi connectivity index (χ0) is 13.2. The Morgan fingerprint density at radius 2 is 2.17 bits per heavy atom. The van der Waals surface area contributed by atoms with Gasteiger partial charge < -0.3 is 20.6 Å². The number of carboxylic acids is 1. The number of likely N-dealkylation sites (N-methyl/N-ethyl adjacent to an activating group) is 1. The molecule has 1 aliphatic heterocycles. The minimum absolute atomic E-state index is 0.170. The van der Waals surface area contributed by atoms with Crippen LogP contribution in [0.1, 0.15) is 25.7 Å². The number of carbonyl (C=O) groups excluding carboxylic acids is 1. The van der Waals surface area contributed by atoms with Crippen molar-refractivity contribution in [1.82, 2.24) is 15.5 Å². The van der Waals surface area contributed by atoms with Crippen molar-refractivity contribution >= 4 is 12.0 Å². The summed E-state index contributed by atoms with van der Waals surface area (Å²) in [5.74, 6) is -0.805. The third-order valence-corrected chi connectivity index (χ3v) is 3.85. The first-order valence-electron chi connectivity index (χ1n) is 6.48. The van der Waals surface area contributed by atoms with Gasteiger partial charge in [-0.1, -0.05) is 0 Å². The molecule has 0 radical (unpaired) electrons. The van der Waals surface area contributed by atoms with E-state index in [1.807, 2.05) is 7.05 Å². The normalized spacial score (nSPS) is 26.4. The van der Waals surface area contributed by atoms with E-state index in [1.54, 1.807) is 0 Å². The molecule has 6 nitrogen and oxygen atoms in total. The van der Waals surface area contributed by atoms with E-state index < -0.39 is 11.4 Å². The van der Waals surface area contributed by atoms with E-state index in [9.17, 15) is 9.59 Å². The first-order valence-corrected chi connectivity index (χ1v) is 6.48. The first kappa shape index (κ1) is 13.1. The van der Waals surface area contributed by atoms with Gasteiger partial charge >= 0.3 is 12.0 Å². The molecular formula is C12H21N3O3. The molecule has 1 aliphatic carbocycles. The second kappa shape index (κ2) is 5.14. The third kappa shape index (κ3) is 3.13. The number of urea groups is 1. The number of carbonyl (C=O) groups is 2. The van der Waals surface area contributed by atoms with Crippen LogP contribution in [0.25, 0.3) is 0 Å². The van der Waals surface area contributed by atoms with Crippen LogP contribution in [-0.4, -0.2) is 54.7 Å². The fraction of sp³-hybridized carbons (Fsp3) is 0.833. The van der Waals surface area contributed by atoms with E-state index in [1.165, 1.54) is 0 Å². The number of rotatable bonds is 4. The molecule has 1 atom stereocenters. The summed E-state index contributed by atoms with van der Waals surface area (Å²) in [6, 6.07) is -0.0773. The van der Waals surface area contributed by atoms with Crippen LogP contribution in [0.5, 0.6) is 0 Å². The number of aliphatic carboxylic acids is 1. The predicted molar refractivity (Wildman–Crippen MR) is 66.4 cm³/mol. The van der Waals surface area contributed by atoms with Crippen molar-refractivity contribution in [2.24, 2.45) is 5.41 Å². The van der Waals surface area contributed by atoms with Gasteiger partial charge in [0.05, 0.1) is 5.41 Å². The van der Waals surface area contributed by atoms with E-state index in [2.05, 4.69) is 15.5 Å². The maximum atomic E-state index is 11.7. The van der Waals surface area contributed by atoms with Crippen LogP contribution in [0.15, 0.2) is 0 Å². The lowest BCUT2D eigenvalue weighted by Gasteiger charge is -2.30. The van der Waals surface area contributed by atoms with Crippen LogP contribution in [-0.2, 0) is 4.79 Å². The van der Waals surface area contributed by atoms with Gasteiger partial charge in [0.1, 0.15) is 0 Å². The Hall–Kier alpha value is -1.30. The quantitative estimate of drug-likeness (QED) is 0.672. The summed E-state index contributed by atoms with van der Waals surface area (Å²) in [5, 5.41) is 14.6. The van der Waals surface area contributed by atoms with Gasteiger partial charge in [-0.3, -0.25) is 4.79 Å². The molecule has 1 saturated heterocycles. The number of nitrogens with zero attached hydrogens (tertiary/aromatic N) is 1. The molecule has 3 N–H and O–H groups in total. The highest BCUT2D eigenvalue weighted by atomic mass is 16.4. The number of piperidine rings is 1. The van der Waals surface area contributed by atoms with Crippen molar-refractivity contribution in [2.45, 2.75) is 31.7 Å². The fourth-order valence-corrected chi connectivity index (χ4v) is 2.39. The SMILES string of the molecule is CN1CCCC(NC(=O)NCC2(C(=O)O)CC2)C1. The van der Waals surface area contributed by atoms with Gasteiger partial charge in [-0.05, 0) is 39.3 Å². The first-order chi connectivity index (χ1) is 8.52. The largest absolute Gasteiger partial charge is 0.481 e. The molecule has 1 heterocycles. The molecule has 0 aromatic rings. The highest BCUT2D eigenvalue weighted by Crippen LogP contribution is 2.45. The topological polar surface area (TPSA) is 81.7 Å². The summed E-state index contributed by atoms with van der Waals surface area (Å²) in [5.41, 5.74) is -0.694. The minimum Gasteiger partial charge on any atom is -0.481 e. The second-order valence-electron chi connectivity index (χ2n) is 5.51. The predicted octanol–water partition coefficient (Wildman–Crippen LogP) is 0.245. The molecule has 0 spiro atoms. The molecule has 6 heteroatoms. The van der Waals surface area contributed by atoms with E-state index >= 15 is 0 Å². The third-order valence-electron chi connectivity index (χ3n) is 3.85. The maximum Gasteiger partial charge on any atom is 0.315 e. The molecule has 0 aromatic heterocycles. The summed E-state index contributed by atoms with van der Waals surface area (Å²) < 4.78 is 0. The summed E-state index contributed by atoms with van der Waals surface area (Å²) in [4.78, 5) is 24.8. The lowest BCUT2D eigenvalue weighted by Crippen LogP contribution is -2.50. The highest BCUT2D eigenvalue weighted by molar-refractivity contribution is 5.80. The maximum absolute atomic E-state index is 11.7. The van der Waals surface area contributed by atoms with E-state index in [-0.39, 0.29) is 18.6 Å². The van der Waals surface area contributed by atoms with Gasteiger partial charge in [0.25, 0.3) is 0 Å². The molecule has 102 valence electrons. The Bertz CT molecular complexity index is 341. The molecule has 1 saturated carbocycles. The molecule has 2 rings (SSSR count). The van der Waals surface area contributed by atoms with Crippen molar-refractivity contribution in [3.05, 3.63) is 0 Å². The van der Waals surface area contributed by atoms with Crippen LogP contribution >= 0.6 is 0 Å². The standard InChI is InChI=1S/C12H21N3O3/c1-15-6-2-3-9(7-15)14-11(18)13-8-12(4-5-12)10(16)17/h9H,2-8H2,1H3,(H,16,17)(H2,13,14,18). The van der Waals surface area contributed by atoms with E-state index in [0.29, 0.717) is 12.8 Å². The van der Waals surface area contributed by atoms with Crippen LogP contribution in [0.4, 0.5) is 4.79 Å². The van der Waals surface area contributed by atoms with Crippen LogP contribution in [0.2, 0.25) is 0 Å². The van der Waals surface area contributed by atoms with Crippen molar-refractivity contribution in [3.8, 4) is 0 Å². The molecular weight excluding hydrogens is 234 g/mol. The van der Waals surface area contributed by atoms with Crippen molar-refractivity contribution < 1.29 is 14.7 Å². The monoisotopic (exact) mass is 255 g/mol. The summed E-state index contributed by atoms with van der Waals surface area (Å²) >= 11 is 0. The molecule has 2 fully saturated rings. The zero-order valence-electron chi connectivity index (χ0n) is 10.7. The Labute approximate surface area is 107 Å². The van der Waals surface area contributed by atoms with Crippen LogP contribution in [0, 0.1) is 5.41 Å². The molecule has 2 aliphatic rings. The molecule has 2 amide bonds. The lowest BCUT2D eigenvalue weighted by atomic mass is 10.1. The Balaban J connectivity index is 1.70. The van der Waals surface area contributed by atoms with E-state index in [4.69, 9.17) is 5.11 Å². The smallest absolute Gasteiger partial charge is 0.315 e. The number of amides is 2. The number of nitrogens with one attached hydrogen (secondary N) is 2. The number of hydrogen-bond donors (Lipinski definition) is 3. The molecule has 1 unspecified atom stereocenters. The van der Waals surface area contributed by atoms with Gasteiger partial charge in [0.2, 0.25) is 0 Å². The lowest BCUT2D eigenvalue weighted by molar-refractivity contribution is -0.143. The fourth-order valence-electron chi connectivity index (χ4n) is 2.39. The Kier molecular flexibility index (Phi) is 3.75. The van der Waals surface area contributed by atoms with Crippen LogP contribution < -0.4 is 10.6 Å². The van der Waals surface area contributed by atoms with Gasteiger partial charge in [0, 0.05) is 19.1 Å². The van der Waals surface area contributed by atoms with Gasteiger partial charge in [0.15, 0.2) is 0 Å². The van der Waals surface area contributed by atoms with Crippen molar-refractivity contribution in [1.29, 1.82) is 0 Å². The average Bonchev–Trinajstić information content (AvgIpc) is 3.07. The van der Waals surface area contributed by atoms with E-state index in [0.717, 1.165) is 25.9 Å². The second-order valence-corrected chi connectivity index (χ2v) is 5.51. The van der Waals surface area contributed by atoms with Crippen molar-refractivity contribution in [3.63, 3.8) is 0 Å². The summed E-state index contributed by atoms with van der Waals surface area (Å²) in [7, 11) is 2.04. The number of carboxylic acid groups (broad SMARTS) is 1. The molecule has 18 heavy (non-hydrogen) atoms.